The highest BCUT2D eigenvalue weighted by atomic mass is 16.5. The number of ether oxygens (including phenoxy) is 1. The van der Waals surface area contributed by atoms with Gasteiger partial charge in [0, 0.05) is 12.1 Å². The van der Waals surface area contributed by atoms with Gasteiger partial charge in [0.15, 0.2) is 11.5 Å². The van der Waals surface area contributed by atoms with E-state index in [0.717, 1.165) is 18.5 Å². The maximum Gasteiger partial charge on any atom is 0.160 e. The van der Waals surface area contributed by atoms with E-state index in [-0.39, 0.29) is 17.8 Å². The maximum atomic E-state index is 9.64. The fraction of sp³-hybridized carbons (Fsp3) is 0.625. The Kier molecular flexibility index (Phi) is 6.30. The quantitative estimate of drug-likeness (QED) is 0.806. The monoisotopic (exact) mass is 280 g/mol. The van der Waals surface area contributed by atoms with E-state index in [1.807, 2.05) is 12.1 Å². The van der Waals surface area contributed by atoms with Gasteiger partial charge in [0.2, 0.25) is 0 Å². The predicted octanol–water partition coefficient (Wildman–Crippen LogP) is 2.77. The normalized spacial score (nSPS) is 14.6. The van der Waals surface area contributed by atoms with Crippen molar-refractivity contribution in [2.75, 3.05) is 20.7 Å². The second-order valence-electron chi connectivity index (χ2n) is 5.78. The highest BCUT2D eigenvalue weighted by Crippen LogP contribution is 2.30. The number of phenols is 1. The van der Waals surface area contributed by atoms with Crippen LogP contribution in [0.2, 0.25) is 0 Å². The van der Waals surface area contributed by atoms with Crippen molar-refractivity contribution in [3.8, 4) is 11.5 Å². The van der Waals surface area contributed by atoms with E-state index in [2.05, 4.69) is 32.7 Å². The molecule has 0 saturated carbocycles. The van der Waals surface area contributed by atoms with Crippen molar-refractivity contribution in [2.45, 2.75) is 39.3 Å². The lowest BCUT2D eigenvalue weighted by molar-refractivity contribution is 0.242. The summed E-state index contributed by atoms with van der Waals surface area (Å²) in [5, 5.41) is 9.64. The van der Waals surface area contributed by atoms with Gasteiger partial charge in [-0.15, -0.1) is 0 Å². The summed E-state index contributed by atoms with van der Waals surface area (Å²) in [5.41, 5.74) is 7.21. The summed E-state index contributed by atoms with van der Waals surface area (Å²) >= 11 is 0. The highest BCUT2D eigenvalue weighted by Gasteiger charge is 2.15. The molecule has 1 aromatic carbocycles. The van der Waals surface area contributed by atoms with Crippen molar-refractivity contribution in [3.05, 3.63) is 23.8 Å². The van der Waals surface area contributed by atoms with Crippen molar-refractivity contribution >= 4 is 0 Å². The summed E-state index contributed by atoms with van der Waals surface area (Å²) < 4.78 is 5.16. The van der Waals surface area contributed by atoms with E-state index < -0.39 is 0 Å². The van der Waals surface area contributed by atoms with Gasteiger partial charge < -0.3 is 15.6 Å². The summed E-state index contributed by atoms with van der Waals surface area (Å²) in [6, 6.07) is 5.99. The fourth-order valence-electron chi connectivity index (χ4n) is 2.09. The number of benzene rings is 1. The number of nitrogens with two attached hydrogens (primary N) is 1. The molecule has 1 rings (SSSR count). The first-order valence-corrected chi connectivity index (χ1v) is 7.19. The van der Waals surface area contributed by atoms with Gasteiger partial charge in [-0.2, -0.15) is 0 Å². The SMILES string of the molecule is COc1cc(C(C)N(C)CCC(N)C(C)C)ccc1O. The van der Waals surface area contributed by atoms with E-state index >= 15 is 0 Å². The lowest BCUT2D eigenvalue weighted by atomic mass is 10.0. The van der Waals surface area contributed by atoms with Crippen LogP contribution in [0.5, 0.6) is 11.5 Å². The molecule has 4 nitrogen and oxygen atoms in total. The highest BCUT2D eigenvalue weighted by molar-refractivity contribution is 5.42. The Morgan fingerprint density at radius 1 is 1.30 bits per heavy atom. The van der Waals surface area contributed by atoms with E-state index in [1.54, 1.807) is 13.2 Å². The smallest absolute Gasteiger partial charge is 0.160 e. The summed E-state index contributed by atoms with van der Waals surface area (Å²) in [4.78, 5) is 2.27. The average molecular weight is 280 g/mol. The zero-order valence-corrected chi connectivity index (χ0v) is 13.3. The molecule has 3 N–H and O–H groups in total. The minimum Gasteiger partial charge on any atom is -0.504 e. The zero-order chi connectivity index (χ0) is 15.3. The van der Waals surface area contributed by atoms with Crippen molar-refractivity contribution in [1.29, 1.82) is 0 Å². The minimum absolute atomic E-state index is 0.174. The molecule has 0 bridgehead atoms. The van der Waals surface area contributed by atoms with E-state index in [1.165, 1.54) is 0 Å². The molecule has 4 heteroatoms. The molecule has 1 aromatic rings. The third kappa shape index (κ3) is 4.39. The van der Waals surface area contributed by atoms with Gasteiger partial charge in [-0.05, 0) is 50.6 Å². The predicted molar refractivity (Wildman–Crippen MR) is 83.1 cm³/mol. The summed E-state index contributed by atoms with van der Waals surface area (Å²) in [6.45, 7) is 7.40. The van der Waals surface area contributed by atoms with Crippen LogP contribution in [0, 0.1) is 5.92 Å². The molecule has 0 amide bonds. The molecular formula is C16H28N2O2. The Hall–Kier alpha value is -1.26. The van der Waals surface area contributed by atoms with Crippen molar-refractivity contribution in [1.82, 2.24) is 4.90 Å². The van der Waals surface area contributed by atoms with Crippen molar-refractivity contribution in [2.24, 2.45) is 11.7 Å². The number of rotatable bonds is 7. The first-order valence-electron chi connectivity index (χ1n) is 7.19. The molecule has 20 heavy (non-hydrogen) atoms. The van der Waals surface area contributed by atoms with Gasteiger partial charge in [-0.3, -0.25) is 4.90 Å². The number of nitrogens with zero attached hydrogens (tertiary/aromatic N) is 1. The Labute approximate surface area is 122 Å². The number of methoxy groups -OCH3 is 1. The molecule has 0 fully saturated rings. The van der Waals surface area contributed by atoms with E-state index in [0.29, 0.717) is 11.7 Å². The van der Waals surface area contributed by atoms with Gasteiger partial charge in [-0.1, -0.05) is 19.9 Å². The van der Waals surface area contributed by atoms with Gasteiger partial charge in [0.1, 0.15) is 0 Å². The Balaban J connectivity index is 2.66. The number of phenolic OH excluding ortho intramolecular Hbond substituents is 1. The minimum atomic E-state index is 0.174. The molecule has 0 aromatic heterocycles. The molecular weight excluding hydrogens is 252 g/mol. The molecule has 2 atom stereocenters. The second kappa shape index (κ2) is 7.50. The second-order valence-corrected chi connectivity index (χ2v) is 5.78. The van der Waals surface area contributed by atoms with E-state index in [9.17, 15) is 5.11 Å². The average Bonchev–Trinajstić information content (AvgIpc) is 2.43. The third-order valence-electron chi connectivity index (χ3n) is 4.02. The molecule has 0 radical (unpaired) electrons. The standard InChI is InChI=1S/C16H28N2O2/c1-11(2)14(17)8-9-18(4)12(3)13-6-7-15(19)16(10-13)20-5/h6-7,10-12,14,19H,8-9,17H2,1-5H3. The molecule has 0 heterocycles. The van der Waals surface area contributed by atoms with Crippen LogP contribution >= 0.6 is 0 Å². The largest absolute Gasteiger partial charge is 0.504 e. The summed E-state index contributed by atoms with van der Waals surface area (Å²) in [6.07, 6.45) is 0.980. The van der Waals surface area contributed by atoms with Gasteiger partial charge >= 0.3 is 0 Å². The Morgan fingerprint density at radius 3 is 2.50 bits per heavy atom. The molecule has 0 aliphatic carbocycles. The van der Waals surface area contributed by atoms with Crippen LogP contribution in [0.4, 0.5) is 0 Å². The number of hydrogen-bond acceptors (Lipinski definition) is 4. The molecule has 114 valence electrons. The van der Waals surface area contributed by atoms with Crippen LogP contribution in [0.1, 0.15) is 38.8 Å². The number of hydrogen-bond donors (Lipinski definition) is 2. The van der Waals surface area contributed by atoms with Gasteiger partial charge in [0.05, 0.1) is 7.11 Å². The Morgan fingerprint density at radius 2 is 1.95 bits per heavy atom. The van der Waals surface area contributed by atoms with Crippen LogP contribution in [0.3, 0.4) is 0 Å². The fourth-order valence-corrected chi connectivity index (χ4v) is 2.09. The molecule has 2 unspecified atom stereocenters. The molecule has 0 aliphatic heterocycles. The number of aromatic hydroxyl groups is 1. The third-order valence-corrected chi connectivity index (χ3v) is 4.02. The molecule has 0 spiro atoms. The van der Waals surface area contributed by atoms with Crippen LogP contribution in [0.25, 0.3) is 0 Å². The zero-order valence-electron chi connectivity index (χ0n) is 13.3. The summed E-state index contributed by atoms with van der Waals surface area (Å²) in [5.74, 6) is 1.20. The van der Waals surface area contributed by atoms with Gasteiger partial charge in [-0.25, -0.2) is 0 Å². The van der Waals surface area contributed by atoms with E-state index in [4.69, 9.17) is 10.5 Å². The van der Waals surface area contributed by atoms with Crippen LogP contribution in [-0.2, 0) is 0 Å². The van der Waals surface area contributed by atoms with Crippen molar-refractivity contribution in [3.63, 3.8) is 0 Å². The summed E-state index contributed by atoms with van der Waals surface area (Å²) in [7, 11) is 3.66. The topological polar surface area (TPSA) is 58.7 Å². The Bertz CT molecular complexity index is 421. The van der Waals surface area contributed by atoms with Crippen LogP contribution in [-0.4, -0.2) is 36.8 Å². The van der Waals surface area contributed by atoms with Crippen molar-refractivity contribution < 1.29 is 9.84 Å². The lowest BCUT2D eigenvalue weighted by Gasteiger charge is -2.27. The van der Waals surface area contributed by atoms with Gasteiger partial charge in [0.25, 0.3) is 0 Å². The first kappa shape index (κ1) is 16.8. The van der Waals surface area contributed by atoms with Crippen LogP contribution in [0.15, 0.2) is 18.2 Å². The lowest BCUT2D eigenvalue weighted by Crippen LogP contribution is -2.32. The maximum absolute atomic E-state index is 9.64. The molecule has 0 aliphatic rings. The van der Waals surface area contributed by atoms with Crippen LogP contribution < -0.4 is 10.5 Å². The first-order chi connectivity index (χ1) is 9.36. The molecule has 0 saturated heterocycles.